The predicted molar refractivity (Wildman–Crippen MR) is 74.9 cm³/mol. The Morgan fingerprint density at radius 2 is 2.00 bits per heavy atom. The second-order valence-electron chi connectivity index (χ2n) is 4.73. The molecule has 7 heteroatoms. The van der Waals surface area contributed by atoms with E-state index in [-0.39, 0.29) is 6.61 Å². The summed E-state index contributed by atoms with van der Waals surface area (Å²) in [5.74, 6) is -0.964. The number of unbranched alkanes of at least 4 members (excludes halogenated alkanes) is 1. The zero-order valence-corrected chi connectivity index (χ0v) is 12.1. The number of benzene rings is 1. The fourth-order valence-electron chi connectivity index (χ4n) is 1.99. The summed E-state index contributed by atoms with van der Waals surface area (Å²) < 4.78 is 14.2. The van der Waals surface area contributed by atoms with Crippen molar-refractivity contribution in [2.24, 2.45) is 0 Å². The van der Waals surface area contributed by atoms with E-state index in [1.54, 1.807) is 30.3 Å². The van der Waals surface area contributed by atoms with Gasteiger partial charge in [-0.1, -0.05) is 43.7 Å². The SMILES string of the molecule is CCCCOC(=O)OC(=O)C1OC(=O)NC1c1ccccc1. The summed E-state index contributed by atoms with van der Waals surface area (Å²) in [6.07, 6.45) is -1.53. The summed E-state index contributed by atoms with van der Waals surface area (Å²) in [4.78, 5) is 34.7. The van der Waals surface area contributed by atoms with Crippen LogP contribution in [0.15, 0.2) is 30.3 Å². The standard InChI is InChI=1S/C15H17NO6/c1-2-3-9-20-15(19)22-13(17)12-11(16-14(18)21-12)10-7-5-4-6-8-10/h4-8,11-12H,2-3,9H2,1H3,(H,16,18). The van der Waals surface area contributed by atoms with Crippen LogP contribution in [0.25, 0.3) is 0 Å². The Balaban J connectivity index is 1.98. The molecule has 0 aromatic heterocycles. The van der Waals surface area contributed by atoms with E-state index in [1.807, 2.05) is 6.92 Å². The van der Waals surface area contributed by atoms with Gasteiger partial charge in [-0.25, -0.2) is 14.4 Å². The lowest BCUT2D eigenvalue weighted by atomic mass is 10.0. The third kappa shape index (κ3) is 3.97. The number of carbonyl (C=O) groups excluding carboxylic acids is 3. The average Bonchev–Trinajstić information content (AvgIpc) is 2.90. The highest BCUT2D eigenvalue weighted by molar-refractivity contribution is 5.89. The lowest BCUT2D eigenvalue weighted by Gasteiger charge is -2.15. The highest BCUT2D eigenvalue weighted by Crippen LogP contribution is 2.25. The molecule has 1 aromatic carbocycles. The normalized spacial score (nSPS) is 20.0. The molecule has 7 nitrogen and oxygen atoms in total. The lowest BCUT2D eigenvalue weighted by molar-refractivity contribution is -0.148. The van der Waals surface area contributed by atoms with Gasteiger partial charge in [0, 0.05) is 0 Å². The second-order valence-corrected chi connectivity index (χ2v) is 4.73. The summed E-state index contributed by atoms with van der Waals surface area (Å²) in [5.41, 5.74) is 0.676. The minimum atomic E-state index is -1.23. The molecule has 0 bridgehead atoms. The molecule has 1 aromatic rings. The number of rotatable bonds is 5. The van der Waals surface area contributed by atoms with Crippen LogP contribution in [-0.2, 0) is 19.0 Å². The molecule has 2 rings (SSSR count). The molecule has 0 radical (unpaired) electrons. The van der Waals surface area contributed by atoms with Gasteiger partial charge in [-0.05, 0) is 12.0 Å². The third-order valence-corrected chi connectivity index (χ3v) is 3.10. The van der Waals surface area contributed by atoms with Crippen LogP contribution in [-0.4, -0.2) is 30.9 Å². The van der Waals surface area contributed by atoms with Crippen LogP contribution in [0.3, 0.4) is 0 Å². The molecule has 2 unspecified atom stereocenters. The van der Waals surface area contributed by atoms with E-state index in [0.717, 1.165) is 6.42 Å². The molecular formula is C15H17NO6. The van der Waals surface area contributed by atoms with Crippen molar-refractivity contribution in [3.8, 4) is 0 Å². The highest BCUT2D eigenvalue weighted by Gasteiger charge is 2.42. The number of amides is 1. The van der Waals surface area contributed by atoms with Crippen LogP contribution in [0, 0.1) is 0 Å². The number of cyclic esters (lactones) is 1. The van der Waals surface area contributed by atoms with Crippen molar-refractivity contribution in [3.63, 3.8) is 0 Å². The van der Waals surface area contributed by atoms with Gasteiger partial charge in [-0.15, -0.1) is 0 Å². The monoisotopic (exact) mass is 307 g/mol. The molecule has 1 N–H and O–H groups in total. The van der Waals surface area contributed by atoms with Crippen LogP contribution < -0.4 is 5.32 Å². The van der Waals surface area contributed by atoms with E-state index >= 15 is 0 Å². The van der Waals surface area contributed by atoms with Crippen molar-refractivity contribution < 1.29 is 28.6 Å². The number of ether oxygens (including phenoxy) is 3. The number of nitrogens with one attached hydrogen (secondary N) is 1. The largest absolute Gasteiger partial charge is 0.516 e. The second kappa shape index (κ2) is 7.44. The lowest BCUT2D eigenvalue weighted by Crippen LogP contribution is -2.32. The summed E-state index contributed by atoms with van der Waals surface area (Å²) in [6, 6.07) is 8.10. The van der Waals surface area contributed by atoms with Crippen molar-refractivity contribution in [2.45, 2.75) is 31.9 Å². The third-order valence-electron chi connectivity index (χ3n) is 3.10. The zero-order valence-electron chi connectivity index (χ0n) is 12.1. The Morgan fingerprint density at radius 3 is 2.68 bits per heavy atom. The van der Waals surface area contributed by atoms with Gasteiger partial charge in [-0.3, -0.25) is 0 Å². The van der Waals surface area contributed by atoms with Gasteiger partial charge in [0.25, 0.3) is 0 Å². The number of alkyl carbamates (subject to hydrolysis) is 1. The van der Waals surface area contributed by atoms with E-state index < -0.39 is 30.4 Å². The minimum absolute atomic E-state index is 0.174. The van der Waals surface area contributed by atoms with Gasteiger partial charge >= 0.3 is 18.2 Å². The summed E-state index contributed by atoms with van der Waals surface area (Å²) >= 11 is 0. The van der Waals surface area contributed by atoms with Crippen molar-refractivity contribution >= 4 is 18.2 Å². The van der Waals surface area contributed by atoms with Gasteiger partial charge in [0.05, 0.1) is 6.61 Å². The Hall–Kier alpha value is -2.57. The molecule has 118 valence electrons. The van der Waals surface area contributed by atoms with Crippen LogP contribution >= 0.6 is 0 Å². The number of carbonyl (C=O) groups is 3. The van der Waals surface area contributed by atoms with E-state index in [0.29, 0.717) is 12.0 Å². The van der Waals surface area contributed by atoms with Gasteiger partial charge in [0.2, 0.25) is 6.10 Å². The first-order valence-corrected chi connectivity index (χ1v) is 7.02. The molecule has 1 heterocycles. The number of hydrogen-bond donors (Lipinski definition) is 1. The number of esters is 1. The molecule has 1 amide bonds. The fourth-order valence-corrected chi connectivity index (χ4v) is 1.99. The highest BCUT2D eigenvalue weighted by atomic mass is 16.7. The smallest absolute Gasteiger partial charge is 0.434 e. The first kappa shape index (κ1) is 15.8. The van der Waals surface area contributed by atoms with Crippen LogP contribution in [0.1, 0.15) is 31.4 Å². The minimum Gasteiger partial charge on any atom is -0.434 e. The maximum absolute atomic E-state index is 12.0. The molecule has 1 saturated heterocycles. The molecular weight excluding hydrogens is 290 g/mol. The zero-order chi connectivity index (χ0) is 15.9. The van der Waals surface area contributed by atoms with E-state index in [9.17, 15) is 14.4 Å². The maximum Gasteiger partial charge on any atom is 0.516 e. The fraction of sp³-hybridized carbons (Fsp3) is 0.400. The first-order valence-electron chi connectivity index (χ1n) is 7.02. The maximum atomic E-state index is 12.0. The molecule has 0 aliphatic carbocycles. The molecule has 0 spiro atoms. The van der Waals surface area contributed by atoms with Gasteiger partial charge < -0.3 is 19.5 Å². The predicted octanol–water partition coefficient (Wildman–Crippen LogP) is 2.32. The quantitative estimate of drug-likeness (QED) is 0.510. The van der Waals surface area contributed by atoms with Crippen molar-refractivity contribution in [1.29, 1.82) is 0 Å². The van der Waals surface area contributed by atoms with E-state index in [1.165, 1.54) is 0 Å². The van der Waals surface area contributed by atoms with Gasteiger partial charge in [-0.2, -0.15) is 0 Å². The first-order chi connectivity index (χ1) is 10.6. The Morgan fingerprint density at radius 1 is 1.27 bits per heavy atom. The summed E-state index contributed by atoms with van der Waals surface area (Å²) in [6.45, 7) is 2.11. The molecule has 0 saturated carbocycles. The summed E-state index contributed by atoms with van der Waals surface area (Å²) in [7, 11) is 0. The molecule has 1 aliphatic rings. The van der Waals surface area contributed by atoms with Crippen LogP contribution in [0.2, 0.25) is 0 Å². The summed E-state index contributed by atoms with van der Waals surface area (Å²) in [5, 5.41) is 2.51. The molecule has 2 atom stereocenters. The van der Waals surface area contributed by atoms with Gasteiger partial charge in [0.15, 0.2) is 0 Å². The van der Waals surface area contributed by atoms with Crippen LogP contribution in [0.4, 0.5) is 9.59 Å². The topological polar surface area (TPSA) is 90.9 Å². The molecule has 1 fully saturated rings. The molecule has 22 heavy (non-hydrogen) atoms. The Labute approximate surface area is 127 Å². The Kier molecular flexibility index (Phi) is 5.35. The van der Waals surface area contributed by atoms with Crippen molar-refractivity contribution in [3.05, 3.63) is 35.9 Å². The average molecular weight is 307 g/mol. The number of hydrogen-bond acceptors (Lipinski definition) is 6. The van der Waals surface area contributed by atoms with Crippen molar-refractivity contribution in [2.75, 3.05) is 6.61 Å². The van der Waals surface area contributed by atoms with E-state index in [2.05, 4.69) is 10.1 Å². The van der Waals surface area contributed by atoms with E-state index in [4.69, 9.17) is 9.47 Å². The van der Waals surface area contributed by atoms with Gasteiger partial charge in [0.1, 0.15) is 6.04 Å². The Bertz CT molecular complexity index is 544. The van der Waals surface area contributed by atoms with Crippen molar-refractivity contribution in [1.82, 2.24) is 5.32 Å². The van der Waals surface area contributed by atoms with Crippen LogP contribution in [0.5, 0.6) is 0 Å². The molecule has 1 aliphatic heterocycles.